The van der Waals surface area contributed by atoms with Gasteiger partial charge in [0.25, 0.3) is 0 Å². The topological polar surface area (TPSA) is 90.4 Å². The van der Waals surface area contributed by atoms with E-state index >= 15 is 0 Å². The van der Waals surface area contributed by atoms with Crippen LogP contribution in [-0.4, -0.2) is 87.6 Å². The molecule has 1 spiro atoms. The first kappa shape index (κ1) is 31.2. The van der Waals surface area contributed by atoms with Crippen LogP contribution < -0.4 is 9.64 Å². The minimum atomic E-state index is -0.636. The Kier molecular flexibility index (Phi) is 10.2. The summed E-state index contributed by atoms with van der Waals surface area (Å²) >= 11 is 1.69. The fraction of sp³-hybridized carbons (Fsp3) is 0.594. The predicted molar refractivity (Wildman–Crippen MR) is 164 cm³/mol. The van der Waals surface area contributed by atoms with Gasteiger partial charge in [0.15, 0.2) is 0 Å². The molecule has 0 saturated carbocycles. The molecule has 0 aromatic heterocycles. The summed E-state index contributed by atoms with van der Waals surface area (Å²) in [6, 6.07) is 6.77. The zero-order valence-electron chi connectivity index (χ0n) is 24.7. The Bertz CT molecular complexity index is 1120. The normalized spacial score (nSPS) is 26.3. The lowest BCUT2D eigenvalue weighted by Gasteiger charge is -2.38. The van der Waals surface area contributed by atoms with Crippen molar-refractivity contribution in [3.8, 4) is 5.75 Å². The third-order valence-electron chi connectivity index (χ3n) is 8.65. The van der Waals surface area contributed by atoms with E-state index in [0.29, 0.717) is 39.1 Å². The lowest BCUT2D eigenvalue weighted by atomic mass is 9.70. The van der Waals surface area contributed by atoms with E-state index in [1.54, 1.807) is 38.6 Å². The van der Waals surface area contributed by atoms with Crippen molar-refractivity contribution in [3.63, 3.8) is 0 Å². The van der Waals surface area contributed by atoms with Crippen molar-refractivity contribution in [3.05, 3.63) is 49.6 Å². The van der Waals surface area contributed by atoms with Gasteiger partial charge in [-0.05, 0) is 77.1 Å². The molecule has 8 nitrogen and oxygen atoms in total. The Labute approximate surface area is 248 Å². The number of ether oxygens (including phenoxy) is 1. The number of fused-ring (bicyclic) bond motifs is 1. The number of nitrogens with zero attached hydrogens (tertiary/aromatic N) is 3. The van der Waals surface area contributed by atoms with Crippen molar-refractivity contribution in [1.29, 1.82) is 0 Å². The fourth-order valence-electron chi connectivity index (χ4n) is 6.90. The number of hydrogen-bond acceptors (Lipinski definition) is 6. The number of anilines is 1. The van der Waals surface area contributed by atoms with Crippen LogP contribution in [0.5, 0.6) is 5.75 Å². The van der Waals surface area contributed by atoms with Gasteiger partial charge in [-0.2, -0.15) is 0 Å². The summed E-state index contributed by atoms with van der Waals surface area (Å²) < 4.78 is 4.95. The van der Waals surface area contributed by atoms with Gasteiger partial charge in [-0.3, -0.25) is 14.4 Å². The second-order valence-corrected chi connectivity index (χ2v) is 13.0. The van der Waals surface area contributed by atoms with Gasteiger partial charge >= 0.3 is 0 Å². The van der Waals surface area contributed by atoms with Crippen LogP contribution in [0.1, 0.15) is 52.9 Å². The van der Waals surface area contributed by atoms with Crippen LogP contribution in [0.3, 0.4) is 0 Å². The largest absolute Gasteiger partial charge is 0.494 e. The second kappa shape index (κ2) is 13.5. The summed E-state index contributed by atoms with van der Waals surface area (Å²) in [6.07, 6.45) is 7.08. The van der Waals surface area contributed by atoms with Gasteiger partial charge in [-0.15, -0.1) is 24.9 Å². The maximum atomic E-state index is 14.4. The molecule has 5 atom stereocenters. The van der Waals surface area contributed by atoms with Crippen molar-refractivity contribution in [1.82, 2.24) is 9.80 Å². The molecule has 9 heteroatoms. The average molecular weight is 584 g/mol. The van der Waals surface area contributed by atoms with Crippen molar-refractivity contribution in [2.75, 3.05) is 37.7 Å². The summed E-state index contributed by atoms with van der Waals surface area (Å²) in [6.45, 7) is 15.4. The van der Waals surface area contributed by atoms with Gasteiger partial charge in [-0.25, -0.2) is 0 Å². The molecule has 224 valence electrons. The van der Waals surface area contributed by atoms with E-state index in [2.05, 4.69) is 13.2 Å². The maximum Gasteiger partial charge on any atom is 0.247 e. The van der Waals surface area contributed by atoms with E-state index < -0.39 is 22.6 Å². The van der Waals surface area contributed by atoms with E-state index in [0.717, 1.165) is 30.7 Å². The molecule has 3 aliphatic rings. The number of carbonyl (C=O) groups excluding carboxylic acids is 3. The standard InChI is InChI=1S/C32H45N3O5S/c1-6-18-33(22(4)5)31(39)28-32-17-16-25(41-32)26(27(32)30(38)35(28)20-10-9-11-21-36)29(37)34(19-7-2)23-12-14-24(15-13-23)40-8-3/h6-7,12-15,22,25-28,36H,1-2,8-11,16-21H2,3-5H3/t25-,26+,27+,28?,32?/m1/s1. The third-order valence-corrected chi connectivity index (χ3v) is 10.6. The van der Waals surface area contributed by atoms with Gasteiger partial charge in [0.2, 0.25) is 17.7 Å². The molecule has 2 bridgehead atoms. The molecule has 3 amide bonds. The highest BCUT2D eigenvalue weighted by Gasteiger charge is 2.74. The summed E-state index contributed by atoms with van der Waals surface area (Å²) in [5, 5.41) is 9.25. The lowest BCUT2D eigenvalue weighted by Crippen LogP contribution is -2.56. The minimum Gasteiger partial charge on any atom is -0.494 e. The summed E-state index contributed by atoms with van der Waals surface area (Å²) in [5.41, 5.74) is 0.732. The van der Waals surface area contributed by atoms with Crippen molar-refractivity contribution in [2.24, 2.45) is 11.8 Å². The fourth-order valence-corrected chi connectivity index (χ4v) is 9.10. The molecule has 1 aromatic carbocycles. The number of benzene rings is 1. The average Bonchev–Trinajstić information content (AvgIpc) is 3.60. The second-order valence-electron chi connectivity index (χ2n) is 11.4. The third kappa shape index (κ3) is 5.80. The smallest absolute Gasteiger partial charge is 0.247 e. The van der Waals surface area contributed by atoms with E-state index in [-0.39, 0.29) is 35.6 Å². The molecular formula is C32H45N3O5S. The first-order chi connectivity index (χ1) is 19.7. The molecule has 3 heterocycles. The monoisotopic (exact) mass is 583 g/mol. The Morgan fingerprint density at radius 1 is 1.15 bits per heavy atom. The van der Waals surface area contributed by atoms with Crippen LogP contribution in [-0.2, 0) is 14.4 Å². The molecule has 4 rings (SSSR count). The number of rotatable bonds is 15. The number of hydrogen-bond donors (Lipinski definition) is 1. The SMILES string of the molecule is C=CCN(C(=O)[C@@H]1[C@H]2C(=O)N(CCCCCO)C(C(=O)N(CC=C)C(C)C)C23CC[C@H]1S3)c1ccc(OCC)cc1. The summed E-state index contributed by atoms with van der Waals surface area (Å²) in [7, 11) is 0. The quantitative estimate of drug-likeness (QED) is 0.245. The maximum absolute atomic E-state index is 14.4. The van der Waals surface area contributed by atoms with Crippen LogP contribution in [0.4, 0.5) is 5.69 Å². The molecule has 0 aliphatic carbocycles. The number of carbonyl (C=O) groups is 3. The number of aliphatic hydroxyl groups is 1. The number of unbranched alkanes of at least 4 members (excludes halogenated alkanes) is 2. The van der Waals surface area contributed by atoms with Crippen LogP contribution in [0.15, 0.2) is 49.6 Å². The lowest BCUT2D eigenvalue weighted by molar-refractivity contribution is -0.143. The van der Waals surface area contributed by atoms with Crippen molar-refractivity contribution < 1.29 is 24.2 Å². The van der Waals surface area contributed by atoms with Gasteiger partial charge in [0.1, 0.15) is 11.8 Å². The molecule has 1 aromatic rings. The Morgan fingerprint density at radius 3 is 2.46 bits per heavy atom. The summed E-state index contributed by atoms with van der Waals surface area (Å²) in [4.78, 5) is 48.3. The van der Waals surface area contributed by atoms with E-state index in [4.69, 9.17) is 4.74 Å². The first-order valence-corrected chi connectivity index (χ1v) is 15.8. The van der Waals surface area contributed by atoms with Gasteiger partial charge in [0, 0.05) is 43.2 Å². The molecule has 0 radical (unpaired) electrons. The zero-order valence-corrected chi connectivity index (χ0v) is 25.5. The molecule has 3 saturated heterocycles. The zero-order chi connectivity index (χ0) is 29.7. The van der Waals surface area contributed by atoms with E-state index in [1.807, 2.05) is 45.0 Å². The van der Waals surface area contributed by atoms with Gasteiger partial charge < -0.3 is 24.5 Å². The van der Waals surface area contributed by atoms with E-state index in [1.165, 1.54) is 0 Å². The summed E-state index contributed by atoms with van der Waals surface area (Å²) in [5.74, 6) is -0.584. The molecule has 3 aliphatic heterocycles. The van der Waals surface area contributed by atoms with E-state index in [9.17, 15) is 19.5 Å². The highest BCUT2D eigenvalue weighted by atomic mass is 32.2. The number of likely N-dealkylation sites (tertiary alicyclic amines) is 1. The molecule has 1 N–H and O–H groups in total. The van der Waals surface area contributed by atoms with Gasteiger partial charge in [-0.1, -0.05) is 12.2 Å². The molecule has 2 unspecified atom stereocenters. The Hall–Kier alpha value is -2.78. The molecular weight excluding hydrogens is 538 g/mol. The Morgan fingerprint density at radius 2 is 1.85 bits per heavy atom. The highest BCUT2D eigenvalue weighted by molar-refractivity contribution is 8.02. The van der Waals surface area contributed by atoms with Crippen LogP contribution in [0.2, 0.25) is 0 Å². The highest BCUT2D eigenvalue weighted by Crippen LogP contribution is 2.66. The van der Waals surface area contributed by atoms with Crippen LogP contribution >= 0.6 is 11.8 Å². The molecule has 41 heavy (non-hydrogen) atoms. The predicted octanol–water partition coefficient (Wildman–Crippen LogP) is 4.28. The van der Waals surface area contributed by atoms with Crippen LogP contribution in [0, 0.1) is 11.8 Å². The molecule has 3 fully saturated rings. The number of thioether (sulfide) groups is 1. The minimum absolute atomic E-state index is 0.0230. The van der Waals surface area contributed by atoms with Crippen LogP contribution in [0.25, 0.3) is 0 Å². The van der Waals surface area contributed by atoms with Crippen molar-refractivity contribution >= 4 is 35.2 Å². The van der Waals surface area contributed by atoms with Gasteiger partial charge in [0.05, 0.1) is 23.2 Å². The van der Waals surface area contributed by atoms with Crippen molar-refractivity contribution in [2.45, 2.75) is 75.0 Å². The number of amides is 3. The number of aliphatic hydroxyl groups excluding tert-OH is 1. The Balaban J connectivity index is 1.70. The first-order valence-electron chi connectivity index (χ1n) is 14.9.